The molecule has 2 aliphatic rings. The van der Waals surface area contributed by atoms with Gasteiger partial charge in [-0.15, -0.1) is 0 Å². The molecular formula is C24H23N3O2. The minimum atomic E-state index is -0.950. The fourth-order valence-electron chi connectivity index (χ4n) is 4.24. The summed E-state index contributed by atoms with van der Waals surface area (Å²) in [4.78, 5) is 15.4. The Morgan fingerprint density at radius 1 is 1.14 bits per heavy atom. The molecule has 0 bridgehead atoms. The van der Waals surface area contributed by atoms with Crippen LogP contribution in [0.25, 0.3) is 11.1 Å². The van der Waals surface area contributed by atoms with Gasteiger partial charge in [-0.25, -0.2) is 4.79 Å². The van der Waals surface area contributed by atoms with Gasteiger partial charge in [0.2, 0.25) is 0 Å². The van der Waals surface area contributed by atoms with Gasteiger partial charge in [0.15, 0.2) is 0 Å². The highest BCUT2D eigenvalue weighted by atomic mass is 16.4. The molecule has 0 amide bonds. The lowest BCUT2D eigenvalue weighted by Gasteiger charge is -2.16. The summed E-state index contributed by atoms with van der Waals surface area (Å²) in [5.74, 6) is -0.230. The molecule has 1 aromatic heterocycles. The molecule has 0 spiro atoms. The van der Waals surface area contributed by atoms with Crippen molar-refractivity contribution in [3.63, 3.8) is 0 Å². The Balaban J connectivity index is 1.36. The second-order valence-corrected chi connectivity index (χ2v) is 7.82. The number of carbonyl (C=O) groups is 1. The first-order valence-corrected chi connectivity index (χ1v) is 10.1. The minimum Gasteiger partial charge on any atom is -0.478 e. The number of pyridine rings is 1. The lowest BCUT2D eigenvalue weighted by Crippen LogP contribution is -2.22. The number of carboxylic acids is 1. The first-order chi connectivity index (χ1) is 14.2. The molecule has 2 aromatic carbocycles. The van der Waals surface area contributed by atoms with Crippen LogP contribution in [0.1, 0.15) is 51.8 Å². The zero-order valence-corrected chi connectivity index (χ0v) is 16.1. The van der Waals surface area contributed by atoms with Crippen LogP contribution in [0.3, 0.4) is 0 Å². The number of rotatable bonds is 6. The van der Waals surface area contributed by atoms with Crippen molar-refractivity contribution in [3.05, 3.63) is 83.2 Å². The second kappa shape index (κ2) is 7.33. The summed E-state index contributed by atoms with van der Waals surface area (Å²) in [5.41, 5.74) is 7.46. The van der Waals surface area contributed by atoms with E-state index in [2.05, 4.69) is 58.1 Å². The summed E-state index contributed by atoms with van der Waals surface area (Å²) in [6, 6.07) is 17.1. The highest BCUT2D eigenvalue weighted by Gasteiger charge is 2.27. The maximum absolute atomic E-state index is 11.4. The predicted octanol–water partition coefficient (Wildman–Crippen LogP) is 4.58. The van der Waals surface area contributed by atoms with Crippen molar-refractivity contribution < 1.29 is 9.90 Å². The van der Waals surface area contributed by atoms with E-state index >= 15 is 0 Å². The summed E-state index contributed by atoms with van der Waals surface area (Å²) in [7, 11) is 0. The summed E-state index contributed by atoms with van der Waals surface area (Å²) < 4.78 is 0. The Morgan fingerprint density at radius 3 is 2.83 bits per heavy atom. The second-order valence-electron chi connectivity index (χ2n) is 7.82. The van der Waals surface area contributed by atoms with Gasteiger partial charge in [0.25, 0.3) is 0 Å². The van der Waals surface area contributed by atoms with E-state index in [4.69, 9.17) is 0 Å². The fraction of sp³-hybridized carbons (Fsp3) is 0.250. The number of anilines is 1. The Bertz CT molecular complexity index is 1080. The number of benzene rings is 2. The van der Waals surface area contributed by atoms with Gasteiger partial charge in [-0.05, 0) is 58.7 Å². The zero-order chi connectivity index (χ0) is 19.8. The molecule has 29 heavy (non-hydrogen) atoms. The average molecular weight is 385 g/mol. The van der Waals surface area contributed by atoms with Crippen molar-refractivity contribution in [1.82, 2.24) is 10.3 Å². The smallest absolute Gasteiger partial charge is 0.337 e. The van der Waals surface area contributed by atoms with Crippen molar-refractivity contribution in [3.8, 4) is 11.1 Å². The molecule has 0 radical (unpaired) electrons. The number of aromatic nitrogens is 1. The Hall–Kier alpha value is -3.18. The van der Waals surface area contributed by atoms with E-state index in [0.29, 0.717) is 12.2 Å². The normalized spacial score (nSPS) is 17.7. The van der Waals surface area contributed by atoms with Crippen LogP contribution in [-0.2, 0) is 6.54 Å². The first kappa shape index (κ1) is 17.9. The quantitative estimate of drug-likeness (QED) is 0.579. The molecule has 1 saturated carbocycles. The van der Waals surface area contributed by atoms with Crippen LogP contribution in [0.4, 0.5) is 5.69 Å². The molecule has 1 fully saturated rings. The Labute approximate surface area is 169 Å². The van der Waals surface area contributed by atoms with Gasteiger partial charge >= 0.3 is 5.97 Å². The van der Waals surface area contributed by atoms with E-state index in [9.17, 15) is 9.90 Å². The van der Waals surface area contributed by atoms with Crippen LogP contribution >= 0.6 is 0 Å². The highest BCUT2D eigenvalue weighted by Crippen LogP contribution is 2.44. The van der Waals surface area contributed by atoms with Crippen LogP contribution in [0, 0.1) is 0 Å². The van der Waals surface area contributed by atoms with E-state index < -0.39 is 5.97 Å². The van der Waals surface area contributed by atoms with E-state index in [1.807, 2.05) is 0 Å². The summed E-state index contributed by atoms with van der Waals surface area (Å²) in [5, 5.41) is 16.1. The number of nitrogens with zero attached hydrogens (tertiary/aromatic N) is 1. The molecule has 5 nitrogen and oxygen atoms in total. The van der Waals surface area contributed by atoms with Gasteiger partial charge in [-0.2, -0.15) is 0 Å². The molecule has 1 atom stereocenters. The van der Waals surface area contributed by atoms with Crippen molar-refractivity contribution in [2.75, 3.05) is 11.9 Å². The van der Waals surface area contributed by atoms with Gasteiger partial charge in [-0.1, -0.05) is 36.4 Å². The van der Waals surface area contributed by atoms with Gasteiger partial charge < -0.3 is 15.7 Å². The van der Waals surface area contributed by atoms with Crippen LogP contribution in [0.15, 0.2) is 60.9 Å². The maximum Gasteiger partial charge on any atom is 0.337 e. The number of fused-ring (bicyclic) bond motifs is 1. The van der Waals surface area contributed by atoms with Crippen LogP contribution in [0.2, 0.25) is 0 Å². The van der Waals surface area contributed by atoms with Crippen LogP contribution in [-0.4, -0.2) is 22.6 Å². The topological polar surface area (TPSA) is 74.2 Å². The first-order valence-electron chi connectivity index (χ1n) is 10.1. The van der Waals surface area contributed by atoms with E-state index in [-0.39, 0.29) is 11.6 Å². The van der Waals surface area contributed by atoms with Crippen molar-refractivity contribution in [2.24, 2.45) is 0 Å². The monoisotopic (exact) mass is 385 g/mol. The highest BCUT2D eigenvalue weighted by molar-refractivity contribution is 5.93. The minimum absolute atomic E-state index is 0.138. The van der Waals surface area contributed by atoms with Crippen molar-refractivity contribution >= 4 is 11.7 Å². The third-order valence-electron chi connectivity index (χ3n) is 5.89. The lowest BCUT2D eigenvalue weighted by molar-refractivity contribution is 0.0698. The predicted molar refractivity (Wildman–Crippen MR) is 113 cm³/mol. The van der Waals surface area contributed by atoms with Gasteiger partial charge in [0.1, 0.15) is 0 Å². The molecule has 0 saturated heterocycles. The average Bonchev–Trinajstić information content (AvgIpc) is 3.52. The summed E-state index contributed by atoms with van der Waals surface area (Å²) in [6.07, 6.45) is 5.66. The molecule has 5 heteroatoms. The third-order valence-corrected chi connectivity index (χ3v) is 5.89. The van der Waals surface area contributed by atoms with Gasteiger partial charge in [0, 0.05) is 19.3 Å². The summed E-state index contributed by atoms with van der Waals surface area (Å²) >= 11 is 0. The molecule has 0 unspecified atom stereocenters. The Kier molecular flexibility index (Phi) is 4.52. The molecule has 3 N–H and O–H groups in total. The third kappa shape index (κ3) is 3.49. The number of aromatic carboxylic acids is 1. The standard InChI is InChI=1S/C24H23N3O2/c28-24(29)21-9-10-25-13-22(21)27-14-23-20-8-7-16(11-17(20)12-26-23)19-4-2-1-3-18(19)15-5-6-15/h1-4,7-11,13,15,23,26-27H,5-6,12,14H2,(H,28,29)/t23-/m0/s1. The van der Waals surface area contributed by atoms with E-state index in [1.165, 1.54) is 52.9 Å². The van der Waals surface area contributed by atoms with Crippen molar-refractivity contribution in [1.29, 1.82) is 0 Å². The molecule has 1 aliphatic carbocycles. The summed E-state index contributed by atoms with van der Waals surface area (Å²) in [6.45, 7) is 1.43. The molecule has 1 aliphatic heterocycles. The van der Waals surface area contributed by atoms with E-state index in [1.54, 1.807) is 6.20 Å². The van der Waals surface area contributed by atoms with Crippen LogP contribution < -0.4 is 10.6 Å². The molecule has 2 heterocycles. The lowest BCUT2D eigenvalue weighted by atomic mass is 9.93. The zero-order valence-electron chi connectivity index (χ0n) is 16.1. The number of hydrogen-bond acceptors (Lipinski definition) is 4. The van der Waals surface area contributed by atoms with E-state index in [0.717, 1.165) is 12.5 Å². The Morgan fingerprint density at radius 2 is 2.00 bits per heavy atom. The van der Waals surface area contributed by atoms with Gasteiger partial charge in [0.05, 0.1) is 23.5 Å². The molecule has 146 valence electrons. The molecular weight excluding hydrogens is 362 g/mol. The fourth-order valence-corrected chi connectivity index (χ4v) is 4.24. The largest absolute Gasteiger partial charge is 0.478 e. The van der Waals surface area contributed by atoms with Gasteiger partial charge in [-0.3, -0.25) is 4.98 Å². The van der Waals surface area contributed by atoms with Crippen molar-refractivity contribution in [2.45, 2.75) is 31.3 Å². The number of carboxylic acid groups (broad SMARTS) is 1. The van der Waals surface area contributed by atoms with Crippen LogP contribution in [0.5, 0.6) is 0 Å². The molecule has 5 rings (SSSR count). The SMILES string of the molecule is O=C(O)c1ccncc1NC[C@@H]1NCc2cc(-c3ccccc3C3CC3)ccc21. The number of nitrogens with one attached hydrogen (secondary N) is 2. The molecule has 3 aromatic rings. The number of hydrogen-bond donors (Lipinski definition) is 3. The maximum atomic E-state index is 11.4.